The second-order valence-electron chi connectivity index (χ2n) is 4.23. The molecule has 0 aliphatic heterocycles. The maximum absolute atomic E-state index is 5.53. The lowest BCUT2D eigenvalue weighted by Crippen LogP contribution is -2.07. The Labute approximate surface area is 96.5 Å². The summed E-state index contributed by atoms with van der Waals surface area (Å²) in [6.07, 6.45) is 3.14. The lowest BCUT2D eigenvalue weighted by atomic mass is 10.1. The number of rotatable bonds is 6. The maximum Gasteiger partial charge on any atom is 0.177 e. The molecule has 1 aromatic heterocycles. The minimum absolute atomic E-state index is 0.710. The van der Waals surface area contributed by atoms with Crippen molar-refractivity contribution >= 4 is 12.2 Å². The number of nitrogens with one attached hydrogen (secondary N) is 1. The zero-order valence-electron chi connectivity index (χ0n) is 9.75. The van der Waals surface area contributed by atoms with Crippen molar-refractivity contribution in [1.29, 1.82) is 0 Å². The molecule has 15 heavy (non-hydrogen) atoms. The van der Waals surface area contributed by atoms with E-state index in [4.69, 9.17) is 17.0 Å². The summed E-state index contributed by atoms with van der Waals surface area (Å²) in [4.78, 5) is 3.09. The highest BCUT2D eigenvalue weighted by Gasteiger charge is 1.97. The first kappa shape index (κ1) is 12.5. The van der Waals surface area contributed by atoms with E-state index in [9.17, 15) is 0 Å². The molecular weight excluding hydrogens is 208 g/mol. The third-order valence-corrected chi connectivity index (χ3v) is 2.57. The van der Waals surface area contributed by atoms with Gasteiger partial charge < -0.3 is 14.3 Å². The zero-order chi connectivity index (χ0) is 11.3. The van der Waals surface area contributed by atoms with Crippen molar-refractivity contribution in [2.75, 3.05) is 13.2 Å². The summed E-state index contributed by atoms with van der Waals surface area (Å²) in [7, 11) is 0. The van der Waals surface area contributed by atoms with Gasteiger partial charge in [-0.3, -0.25) is 0 Å². The van der Waals surface area contributed by atoms with Crippen molar-refractivity contribution in [1.82, 2.24) is 9.55 Å². The minimum atomic E-state index is 0.710. The number of aromatic nitrogens is 2. The summed E-state index contributed by atoms with van der Waals surface area (Å²) in [6.45, 7) is 8.82. The first-order valence-corrected chi connectivity index (χ1v) is 5.84. The van der Waals surface area contributed by atoms with Crippen LogP contribution in [-0.4, -0.2) is 22.8 Å². The van der Waals surface area contributed by atoms with Gasteiger partial charge in [-0.1, -0.05) is 13.8 Å². The number of hydrogen-bond acceptors (Lipinski definition) is 2. The van der Waals surface area contributed by atoms with Crippen LogP contribution >= 0.6 is 12.2 Å². The lowest BCUT2D eigenvalue weighted by Gasteiger charge is -2.06. The highest BCUT2D eigenvalue weighted by atomic mass is 32.1. The third kappa shape index (κ3) is 4.62. The van der Waals surface area contributed by atoms with Gasteiger partial charge in [-0.25, -0.2) is 0 Å². The molecule has 0 bridgehead atoms. The van der Waals surface area contributed by atoms with Gasteiger partial charge in [0.05, 0.1) is 6.61 Å². The molecular formula is C11H20N2OS. The molecule has 0 aliphatic carbocycles. The zero-order valence-corrected chi connectivity index (χ0v) is 10.6. The fourth-order valence-corrected chi connectivity index (χ4v) is 1.62. The number of ether oxygens (including phenoxy) is 1. The fraction of sp³-hybridized carbons (Fsp3) is 0.727. The monoisotopic (exact) mass is 228 g/mol. The smallest absolute Gasteiger partial charge is 0.177 e. The average molecular weight is 228 g/mol. The Balaban J connectivity index is 2.21. The van der Waals surface area contributed by atoms with Gasteiger partial charge in [0.2, 0.25) is 0 Å². The number of aromatic amines is 1. The molecule has 0 saturated carbocycles. The minimum Gasteiger partial charge on any atom is -0.380 e. The van der Waals surface area contributed by atoms with Crippen LogP contribution in [0.25, 0.3) is 0 Å². The normalized spacial score (nSPS) is 11.2. The molecule has 0 radical (unpaired) electrons. The lowest BCUT2D eigenvalue weighted by molar-refractivity contribution is 0.116. The summed E-state index contributed by atoms with van der Waals surface area (Å²) in [5, 5.41) is 0. The molecule has 4 heteroatoms. The average Bonchev–Trinajstić information content (AvgIpc) is 2.44. The van der Waals surface area contributed by atoms with Gasteiger partial charge in [-0.2, -0.15) is 0 Å². The Morgan fingerprint density at radius 1 is 1.47 bits per heavy atom. The van der Waals surface area contributed by atoms with E-state index in [1.807, 2.05) is 17.7 Å². The summed E-state index contributed by atoms with van der Waals surface area (Å²) in [5.41, 5.74) is 1.10. The van der Waals surface area contributed by atoms with Crippen molar-refractivity contribution in [3.8, 4) is 0 Å². The molecule has 0 amide bonds. The van der Waals surface area contributed by atoms with Crippen LogP contribution in [0, 0.1) is 17.6 Å². The van der Waals surface area contributed by atoms with E-state index < -0.39 is 0 Å². The van der Waals surface area contributed by atoms with Crippen LogP contribution in [0.4, 0.5) is 0 Å². The van der Waals surface area contributed by atoms with Crippen molar-refractivity contribution in [2.45, 2.75) is 33.7 Å². The van der Waals surface area contributed by atoms with E-state index in [0.717, 1.165) is 36.6 Å². The van der Waals surface area contributed by atoms with Crippen LogP contribution in [0.2, 0.25) is 0 Å². The van der Waals surface area contributed by atoms with Crippen LogP contribution < -0.4 is 0 Å². The summed E-state index contributed by atoms with van der Waals surface area (Å²) in [6, 6.07) is 0. The summed E-state index contributed by atoms with van der Waals surface area (Å²) in [5.74, 6) is 0.710. The Bertz CT molecular complexity index is 341. The molecule has 0 spiro atoms. The van der Waals surface area contributed by atoms with E-state index in [1.165, 1.54) is 0 Å². The molecule has 1 aromatic rings. The van der Waals surface area contributed by atoms with Gasteiger partial charge in [0.25, 0.3) is 0 Å². The molecule has 0 aromatic carbocycles. The quantitative estimate of drug-likeness (QED) is 0.599. The van der Waals surface area contributed by atoms with E-state index in [2.05, 4.69) is 18.8 Å². The Kier molecular flexibility index (Phi) is 5.05. The first-order chi connectivity index (χ1) is 7.09. The molecule has 0 atom stereocenters. The summed E-state index contributed by atoms with van der Waals surface area (Å²) >= 11 is 5.14. The maximum atomic E-state index is 5.53. The second kappa shape index (κ2) is 6.08. The second-order valence-corrected chi connectivity index (χ2v) is 4.62. The molecule has 1 N–H and O–H groups in total. The van der Waals surface area contributed by atoms with Crippen molar-refractivity contribution in [3.05, 3.63) is 16.7 Å². The van der Waals surface area contributed by atoms with Gasteiger partial charge in [-0.05, 0) is 31.5 Å². The molecule has 0 unspecified atom stereocenters. The number of nitrogens with zero attached hydrogens (tertiary/aromatic N) is 1. The Morgan fingerprint density at radius 3 is 2.73 bits per heavy atom. The predicted octanol–water partition coefficient (Wildman–Crippen LogP) is 2.92. The number of imidazole rings is 1. The van der Waals surface area contributed by atoms with E-state index in [1.54, 1.807) is 0 Å². The Hall–Kier alpha value is -0.610. The van der Waals surface area contributed by atoms with Crippen LogP contribution in [-0.2, 0) is 11.3 Å². The SMILES string of the molecule is Cc1cn(CCOCCC(C)C)c(=S)[nH]1. The summed E-state index contributed by atoms with van der Waals surface area (Å²) < 4.78 is 8.32. The number of hydrogen-bond donors (Lipinski definition) is 1. The number of H-pyrrole nitrogens is 1. The predicted molar refractivity (Wildman–Crippen MR) is 64.6 cm³/mol. The molecule has 3 nitrogen and oxygen atoms in total. The molecule has 0 aliphatic rings. The largest absolute Gasteiger partial charge is 0.380 e. The first-order valence-electron chi connectivity index (χ1n) is 5.43. The van der Waals surface area contributed by atoms with Gasteiger partial charge >= 0.3 is 0 Å². The van der Waals surface area contributed by atoms with E-state index >= 15 is 0 Å². The topological polar surface area (TPSA) is 29.9 Å². The highest BCUT2D eigenvalue weighted by molar-refractivity contribution is 7.71. The standard InChI is InChI=1S/C11H20N2OS/c1-9(2)4-6-14-7-5-13-8-10(3)12-11(13)15/h8-9H,4-7H2,1-3H3,(H,12,15). The van der Waals surface area contributed by atoms with Gasteiger partial charge in [0.15, 0.2) is 4.77 Å². The van der Waals surface area contributed by atoms with Crippen molar-refractivity contribution in [2.24, 2.45) is 5.92 Å². The van der Waals surface area contributed by atoms with Gasteiger partial charge in [-0.15, -0.1) is 0 Å². The van der Waals surface area contributed by atoms with Gasteiger partial charge in [0, 0.05) is 25.0 Å². The fourth-order valence-electron chi connectivity index (χ4n) is 1.32. The molecule has 0 saturated heterocycles. The van der Waals surface area contributed by atoms with Crippen LogP contribution in [0.5, 0.6) is 0 Å². The Morgan fingerprint density at radius 2 is 2.20 bits per heavy atom. The molecule has 1 heterocycles. The highest BCUT2D eigenvalue weighted by Crippen LogP contribution is 2.00. The number of aryl methyl sites for hydroxylation is 1. The van der Waals surface area contributed by atoms with Crippen LogP contribution in [0.1, 0.15) is 26.0 Å². The van der Waals surface area contributed by atoms with Crippen LogP contribution in [0.15, 0.2) is 6.20 Å². The van der Waals surface area contributed by atoms with Crippen LogP contribution in [0.3, 0.4) is 0 Å². The van der Waals surface area contributed by atoms with Crippen molar-refractivity contribution < 1.29 is 4.74 Å². The van der Waals surface area contributed by atoms with E-state index in [0.29, 0.717) is 5.92 Å². The molecule has 86 valence electrons. The molecule has 0 fully saturated rings. The molecule has 1 rings (SSSR count). The van der Waals surface area contributed by atoms with E-state index in [-0.39, 0.29) is 0 Å². The third-order valence-electron chi connectivity index (χ3n) is 2.23. The van der Waals surface area contributed by atoms with Crippen molar-refractivity contribution in [3.63, 3.8) is 0 Å². The van der Waals surface area contributed by atoms with Gasteiger partial charge in [0.1, 0.15) is 0 Å².